The summed E-state index contributed by atoms with van der Waals surface area (Å²) in [6.45, 7) is 0. The molecule has 7 aromatic carbocycles. The highest BCUT2D eigenvalue weighted by atomic mass is 28.3. The van der Waals surface area contributed by atoms with Gasteiger partial charge in [0, 0.05) is 34.0 Å². The average molecular weight is 696 g/mol. The Hall–Kier alpha value is -6.75. The van der Waals surface area contributed by atoms with Crippen LogP contribution < -0.4 is 20.5 Å². The summed E-state index contributed by atoms with van der Waals surface area (Å²) in [4.78, 5) is 6.83. The van der Waals surface area contributed by atoms with Gasteiger partial charge in [-0.05, 0) is 87.9 Å². The van der Waals surface area contributed by atoms with Crippen molar-refractivity contribution < 1.29 is 0 Å². The van der Waals surface area contributed by atoms with Gasteiger partial charge in [0.2, 0.25) is 0 Å². The number of aromatic nitrogens is 2. The summed E-state index contributed by atoms with van der Waals surface area (Å²) in [5.41, 5.74) is 10.3. The van der Waals surface area contributed by atoms with E-state index in [4.69, 9.17) is 0 Å². The second-order valence-electron chi connectivity index (χ2n) is 13.3. The Morgan fingerprint density at radius 1 is 0.453 bits per heavy atom. The van der Waals surface area contributed by atoms with Crippen molar-refractivity contribution in [1.29, 1.82) is 0 Å². The molecule has 0 N–H and O–H groups in total. The normalized spacial score (nSPS) is 11.7. The van der Waals surface area contributed by atoms with Crippen molar-refractivity contribution in [2.24, 2.45) is 0 Å². The van der Waals surface area contributed by atoms with Crippen LogP contribution in [0.25, 0.3) is 33.6 Å². The summed E-state index contributed by atoms with van der Waals surface area (Å²) >= 11 is 0. The van der Waals surface area contributed by atoms with E-state index in [2.05, 4.69) is 220 Å². The monoisotopic (exact) mass is 695 g/mol. The van der Waals surface area contributed by atoms with Crippen LogP contribution in [0.1, 0.15) is 5.56 Å². The number of hydrogen-bond acceptors (Lipinski definition) is 2. The van der Waals surface area contributed by atoms with Crippen molar-refractivity contribution in [3.8, 4) is 5.69 Å². The second kappa shape index (κ2) is 14.1. The van der Waals surface area contributed by atoms with Crippen molar-refractivity contribution in [3.63, 3.8) is 0 Å². The van der Waals surface area contributed by atoms with Gasteiger partial charge in [0.1, 0.15) is 0 Å². The molecule has 0 aliphatic rings. The Bertz CT molecular complexity index is 2500. The van der Waals surface area contributed by atoms with Gasteiger partial charge in [-0.25, -0.2) is 0 Å². The maximum Gasteiger partial charge on any atom is 0.172 e. The van der Waals surface area contributed by atoms with Crippen LogP contribution in [-0.2, 0) is 0 Å². The van der Waals surface area contributed by atoms with Crippen molar-refractivity contribution in [1.82, 2.24) is 9.55 Å². The SMILES string of the molecule is C(=C\[Si](c1ccccc1)(c1ccccc1)c1ccccc1)/c1ccc2c(c1)c1cc(N(c3ccccc3)c3ccccc3)ccc1n2-c1cccnc1. The van der Waals surface area contributed by atoms with Gasteiger partial charge in [-0.1, -0.05) is 145 Å². The fraction of sp³-hybridized carbons (Fsp3) is 0. The van der Waals surface area contributed by atoms with Crippen LogP contribution in [0, 0.1) is 0 Å². The van der Waals surface area contributed by atoms with Crippen LogP contribution in [0.2, 0.25) is 0 Å². The molecule has 53 heavy (non-hydrogen) atoms. The van der Waals surface area contributed by atoms with E-state index in [9.17, 15) is 0 Å². The average Bonchev–Trinajstić information content (AvgIpc) is 3.56. The van der Waals surface area contributed by atoms with Crippen molar-refractivity contribution in [3.05, 3.63) is 224 Å². The van der Waals surface area contributed by atoms with E-state index in [1.165, 1.54) is 26.3 Å². The van der Waals surface area contributed by atoms with E-state index < -0.39 is 8.07 Å². The molecule has 0 aliphatic carbocycles. The number of anilines is 3. The molecule has 0 aliphatic heterocycles. The first kappa shape index (κ1) is 32.2. The van der Waals surface area contributed by atoms with E-state index in [0.717, 1.165) is 39.3 Å². The molecule has 0 saturated carbocycles. The molecule has 9 rings (SSSR count). The first-order chi connectivity index (χ1) is 26.3. The number of hydrogen-bond donors (Lipinski definition) is 0. The van der Waals surface area contributed by atoms with Gasteiger partial charge >= 0.3 is 0 Å². The van der Waals surface area contributed by atoms with Crippen molar-refractivity contribution in [2.75, 3.05) is 4.90 Å². The highest BCUT2D eigenvalue weighted by molar-refractivity contribution is 7.15. The van der Waals surface area contributed by atoms with Gasteiger partial charge < -0.3 is 9.47 Å². The van der Waals surface area contributed by atoms with E-state index in [1.807, 2.05) is 18.5 Å². The number of fused-ring (bicyclic) bond motifs is 3. The lowest BCUT2D eigenvalue weighted by atomic mass is 10.1. The lowest BCUT2D eigenvalue weighted by Crippen LogP contribution is -2.66. The summed E-state index contributed by atoms with van der Waals surface area (Å²) in [5.74, 6) is 0. The van der Waals surface area contributed by atoms with Crippen LogP contribution in [-0.4, -0.2) is 17.6 Å². The smallest absolute Gasteiger partial charge is 0.172 e. The lowest BCUT2D eigenvalue weighted by Gasteiger charge is -2.30. The third kappa shape index (κ3) is 5.95. The van der Waals surface area contributed by atoms with Gasteiger partial charge in [0.15, 0.2) is 8.07 Å². The zero-order chi connectivity index (χ0) is 35.5. The fourth-order valence-corrected chi connectivity index (χ4v) is 11.9. The fourth-order valence-electron chi connectivity index (χ4n) is 7.75. The summed E-state index contributed by atoms with van der Waals surface area (Å²) < 4.78 is 2.33. The molecule has 0 fully saturated rings. The first-order valence-electron chi connectivity index (χ1n) is 18.0. The molecule has 252 valence electrons. The molecular weight excluding hydrogens is 659 g/mol. The minimum atomic E-state index is -2.57. The maximum atomic E-state index is 4.50. The number of nitrogens with zero attached hydrogens (tertiary/aromatic N) is 3. The highest BCUT2D eigenvalue weighted by Crippen LogP contribution is 2.39. The van der Waals surface area contributed by atoms with Crippen LogP contribution in [0.4, 0.5) is 17.1 Å². The number of benzene rings is 7. The Kier molecular flexibility index (Phi) is 8.56. The van der Waals surface area contributed by atoms with E-state index in [1.54, 1.807) is 0 Å². The molecule has 0 bridgehead atoms. The summed E-state index contributed by atoms with van der Waals surface area (Å²) in [5, 5.41) is 6.45. The molecule has 0 amide bonds. The number of rotatable bonds is 9. The van der Waals surface area contributed by atoms with E-state index in [0.29, 0.717) is 0 Å². The van der Waals surface area contributed by atoms with Gasteiger partial charge in [0.25, 0.3) is 0 Å². The van der Waals surface area contributed by atoms with Gasteiger partial charge in [-0.2, -0.15) is 0 Å². The third-order valence-electron chi connectivity index (χ3n) is 10.2. The van der Waals surface area contributed by atoms with Crippen molar-refractivity contribution in [2.45, 2.75) is 0 Å². The number of pyridine rings is 1. The molecule has 9 aromatic rings. The Morgan fingerprint density at radius 3 is 1.45 bits per heavy atom. The summed E-state index contributed by atoms with van der Waals surface area (Å²) in [6.07, 6.45) is 6.13. The quantitative estimate of drug-likeness (QED) is 0.111. The van der Waals surface area contributed by atoms with Gasteiger partial charge in [0.05, 0.1) is 22.9 Å². The second-order valence-corrected chi connectivity index (χ2v) is 17.0. The standard InChI is InChI=1S/C49H37N3Si/c1-6-17-39(18-7-1)51(40-19-8-2-9-20-40)41-29-31-49-47(36-41)46-35-38(28-30-48(46)52(49)42-21-16-33-50-37-42)32-34-53(43-22-10-3-11-23-43,44-24-12-4-13-25-44)45-26-14-5-15-27-45/h1-37H/b34-32+. The zero-order valence-corrected chi connectivity index (χ0v) is 30.2. The molecule has 0 radical (unpaired) electrons. The van der Waals surface area contributed by atoms with Crippen molar-refractivity contribution >= 4 is 68.6 Å². The van der Waals surface area contributed by atoms with Crippen LogP contribution in [0.15, 0.2) is 218 Å². The molecule has 0 spiro atoms. The molecular formula is C49H37N3Si. The van der Waals surface area contributed by atoms with Gasteiger partial charge in [-0.3, -0.25) is 4.98 Å². The Labute approximate surface area is 311 Å². The molecule has 0 unspecified atom stereocenters. The largest absolute Gasteiger partial charge is 0.310 e. The summed E-state index contributed by atoms with van der Waals surface area (Å²) in [7, 11) is -2.57. The van der Waals surface area contributed by atoms with Crippen LogP contribution in [0.5, 0.6) is 0 Å². The summed E-state index contributed by atoms with van der Waals surface area (Å²) in [6, 6.07) is 72.2. The number of para-hydroxylation sites is 2. The third-order valence-corrected chi connectivity index (χ3v) is 14.6. The van der Waals surface area contributed by atoms with Gasteiger partial charge in [-0.15, -0.1) is 0 Å². The lowest BCUT2D eigenvalue weighted by molar-refractivity contribution is 1.14. The molecule has 3 nitrogen and oxygen atoms in total. The topological polar surface area (TPSA) is 21.1 Å². The van der Waals surface area contributed by atoms with Crippen LogP contribution in [0.3, 0.4) is 0 Å². The predicted molar refractivity (Wildman–Crippen MR) is 226 cm³/mol. The Balaban J connectivity index is 1.26. The molecule has 2 aromatic heterocycles. The zero-order valence-electron chi connectivity index (χ0n) is 29.2. The predicted octanol–water partition coefficient (Wildman–Crippen LogP) is 10.4. The minimum absolute atomic E-state index is 1.04. The minimum Gasteiger partial charge on any atom is -0.310 e. The molecule has 4 heteroatoms. The first-order valence-corrected chi connectivity index (χ1v) is 20.1. The Morgan fingerprint density at radius 2 is 0.943 bits per heavy atom. The van der Waals surface area contributed by atoms with Crippen LogP contribution >= 0.6 is 0 Å². The molecule has 0 atom stereocenters. The molecule has 0 saturated heterocycles. The molecule has 2 heterocycles. The van der Waals surface area contributed by atoms with E-state index >= 15 is 0 Å². The van der Waals surface area contributed by atoms with E-state index in [-0.39, 0.29) is 0 Å². The highest BCUT2D eigenvalue weighted by Gasteiger charge is 2.36. The maximum absolute atomic E-state index is 4.50.